The van der Waals surface area contributed by atoms with E-state index in [2.05, 4.69) is 18.0 Å². The number of rotatable bonds is 4. The Morgan fingerprint density at radius 1 is 1.17 bits per heavy atom. The van der Waals surface area contributed by atoms with E-state index in [0.717, 1.165) is 17.0 Å². The zero-order valence-electron chi connectivity index (χ0n) is 16.4. The fourth-order valence-electron chi connectivity index (χ4n) is 3.93. The van der Waals surface area contributed by atoms with Gasteiger partial charge >= 0.3 is 0 Å². The summed E-state index contributed by atoms with van der Waals surface area (Å²) in [5, 5.41) is 0.389. The number of fused-ring (bicyclic) bond motifs is 1. The molecule has 0 spiro atoms. The lowest BCUT2D eigenvalue weighted by Gasteiger charge is -2.38. The van der Waals surface area contributed by atoms with Gasteiger partial charge in [0.2, 0.25) is 15.9 Å². The van der Waals surface area contributed by atoms with Crippen molar-refractivity contribution in [1.29, 1.82) is 0 Å². The summed E-state index contributed by atoms with van der Waals surface area (Å²) in [7, 11) is -3.55. The molecule has 2 aromatic rings. The Bertz CT molecular complexity index is 974. The number of thioether (sulfide) groups is 1. The van der Waals surface area contributed by atoms with Crippen molar-refractivity contribution in [2.24, 2.45) is 5.92 Å². The van der Waals surface area contributed by atoms with Crippen molar-refractivity contribution in [1.82, 2.24) is 9.29 Å². The van der Waals surface area contributed by atoms with Crippen LogP contribution in [0.2, 0.25) is 0 Å². The molecule has 3 heterocycles. The number of nitrogens with zero attached hydrogens (tertiary/aromatic N) is 3. The number of amides is 1. The van der Waals surface area contributed by atoms with Gasteiger partial charge in [0.1, 0.15) is 4.90 Å². The number of anilines is 1. The van der Waals surface area contributed by atoms with Crippen molar-refractivity contribution in [2.75, 3.05) is 24.5 Å². The summed E-state index contributed by atoms with van der Waals surface area (Å²) in [6.45, 7) is 3.57. The van der Waals surface area contributed by atoms with Gasteiger partial charge < -0.3 is 4.90 Å². The molecule has 1 aromatic heterocycles. The van der Waals surface area contributed by atoms with E-state index in [1.807, 2.05) is 34.9 Å². The lowest BCUT2D eigenvalue weighted by Crippen LogP contribution is -2.47. The molecule has 1 unspecified atom stereocenters. The summed E-state index contributed by atoms with van der Waals surface area (Å²) in [5.74, 6) is -0.0290. The summed E-state index contributed by atoms with van der Waals surface area (Å²) >= 11 is 1.84. The van der Waals surface area contributed by atoms with E-state index in [1.165, 1.54) is 10.5 Å². The van der Waals surface area contributed by atoms with E-state index in [9.17, 15) is 13.2 Å². The quantitative estimate of drug-likeness (QED) is 0.742. The van der Waals surface area contributed by atoms with Crippen molar-refractivity contribution in [3.8, 4) is 0 Å². The van der Waals surface area contributed by atoms with E-state index >= 15 is 0 Å². The van der Waals surface area contributed by atoms with Crippen molar-refractivity contribution < 1.29 is 13.2 Å². The van der Waals surface area contributed by atoms with Gasteiger partial charge in [-0.2, -0.15) is 4.31 Å². The summed E-state index contributed by atoms with van der Waals surface area (Å²) in [4.78, 5) is 20.5. The molecular formula is C21H25N3O3S2. The highest BCUT2D eigenvalue weighted by Gasteiger charge is 2.36. The normalized spacial score (nSPS) is 21.0. The van der Waals surface area contributed by atoms with Gasteiger partial charge in [-0.05, 0) is 43.5 Å². The number of benzene rings is 1. The van der Waals surface area contributed by atoms with Crippen LogP contribution in [0.25, 0.3) is 0 Å². The molecule has 6 nitrogen and oxygen atoms in total. The van der Waals surface area contributed by atoms with E-state index in [4.69, 9.17) is 0 Å². The predicted molar refractivity (Wildman–Crippen MR) is 114 cm³/mol. The van der Waals surface area contributed by atoms with Crippen LogP contribution < -0.4 is 4.90 Å². The molecule has 29 heavy (non-hydrogen) atoms. The summed E-state index contributed by atoms with van der Waals surface area (Å²) < 4.78 is 27.1. The molecule has 0 radical (unpaired) electrons. The van der Waals surface area contributed by atoms with Crippen LogP contribution in [0.3, 0.4) is 0 Å². The van der Waals surface area contributed by atoms with Crippen LogP contribution in [-0.2, 0) is 14.8 Å². The average molecular weight is 432 g/mol. The molecule has 2 aliphatic heterocycles. The summed E-state index contributed by atoms with van der Waals surface area (Å²) in [5.41, 5.74) is 0.984. The van der Waals surface area contributed by atoms with Crippen LogP contribution in [0.5, 0.6) is 0 Å². The van der Waals surface area contributed by atoms with Crippen molar-refractivity contribution in [3.05, 3.63) is 48.8 Å². The third kappa shape index (κ3) is 4.06. The van der Waals surface area contributed by atoms with Crippen LogP contribution in [-0.4, -0.2) is 48.5 Å². The first-order chi connectivity index (χ1) is 14.0. The summed E-state index contributed by atoms with van der Waals surface area (Å²) in [6, 6.07) is 11.2. The van der Waals surface area contributed by atoms with Gasteiger partial charge in [-0.25, -0.2) is 8.42 Å². The molecule has 1 fully saturated rings. The minimum Gasteiger partial charge on any atom is -0.310 e. The number of carbonyl (C=O) groups excluding carboxylic acids is 1. The van der Waals surface area contributed by atoms with Gasteiger partial charge in [-0.15, -0.1) is 11.8 Å². The molecule has 0 N–H and O–H groups in total. The molecule has 154 valence electrons. The molecule has 2 aliphatic rings. The minimum absolute atomic E-state index is 0.120. The number of aromatic nitrogens is 1. The average Bonchev–Trinajstić information content (AvgIpc) is 2.78. The van der Waals surface area contributed by atoms with E-state index < -0.39 is 10.0 Å². The molecule has 0 bridgehead atoms. The molecule has 1 aromatic carbocycles. The second-order valence-electron chi connectivity index (χ2n) is 7.43. The number of pyridine rings is 1. The van der Waals surface area contributed by atoms with Crippen LogP contribution in [0.4, 0.5) is 5.69 Å². The third-order valence-electron chi connectivity index (χ3n) is 5.63. The number of hydrogen-bond donors (Lipinski definition) is 0. The largest absolute Gasteiger partial charge is 0.310 e. The molecule has 8 heteroatoms. The van der Waals surface area contributed by atoms with Gasteiger partial charge in [0.05, 0.1) is 5.69 Å². The van der Waals surface area contributed by atoms with Gasteiger partial charge in [0.25, 0.3) is 0 Å². The van der Waals surface area contributed by atoms with Crippen molar-refractivity contribution >= 4 is 33.4 Å². The predicted octanol–water partition coefficient (Wildman–Crippen LogP) is 3.40. The monoisotopic (exact) mass is 431 g/mol. The van der Waals surface area contributed by atoms with Crippen molar-refractivity contribution in [2.45, 2.75) is 41.2 Å². The fraction of sp³-hybridized carbons (Fsp3) is 0.429. The third-order valence-corrected chi connectivity index (χ3v) is 8.93. The SMILES string of the molecule is CCC1CN(C(=O)C2CCN(S(=O)(=O)c3cccnc3)CC2)c2ccccc2S1. The highest BCUT2D eigenvalue weighted by atomic mass is 32.2. The first kappa shape index (κ1) is 20.4. The number of hydrogen-bond acceptors (Lipinski definition) is 5. The fourth-order valence-corrected chi connectivity index (χ4v) is 6.57. The van der Waals surface area contributed by atoms with Crippen LogP contribution in [0, 0.1) is 5.92 Å². The second-order valence-corrected chi connectivity index (χ2v) is 10.7. The minimum atomic E-state index is -3.55. The van der Waals surface area contributed by atoms with Crippen LogP contribution in [0.15, 0.2) is 58.6 Å². The lowest BCUT2D eigenvalue weighted by molar-refractivity contribution is -0.123. The van der Waals surface area contributed by atoms with E-state index in [1.54, 1.807) is 18.3 Å². The maximum absolute atomic E-state index is 13.3. The molecule has 0 saturated carbocycles. The zero-order chi connectivity index (χ0) is 20.4. The van der Waals surface area contributed by atoms with Gasteiger partial charge in [0.15, 0.2) is 0 Å². The lowest BCUT2D eigenvalue weighted by atomic mass is 9.96. The number of para-hydroxylation sites is 1. The number of carbonyl (C=O) groups is 1. The maximum atomic E-state index is 13.3. The Kier molecular flexibility index (Phi) is 5.94. The molecule has 1 amide bonds. The topological polar surface area (TPSA) is 70.6 Å². The first-order valence-corrected chi connectivity index (χ1v) is 12.3. The maximum Gasteiger partial charge on any atom is 0.244 e. The Balaban J connectivity index is 1.47. The molecule has 4 rings (SSSR count). The van der Waals surface area contributed by atoms with Gasteiger partial charge in [-0.3, -0.25) is 9.78 Å². The Morgan fingerprint density at radius 2 is 1.93 bits per heavy atom. The highest BCUT2D eigenvalue weighted by molar-refractivity contribution is 8.00. The molecule has 1 saturated heterocycles. The summed E-state index contributed by atoms with van der Waals surface area (Å²) in [6.07, 6.45) is 5.02. The van der Waals surface area contributed by atoms with Gasteiger partial charge in [0, 0.05) is 48.1 Å². The molecular weight excluding hydrogens is 406 g/mol. The van der Waals surface area contributed by atoms with E-state index in [0.29, 0.717) is 37.7 Å². The Labute approximate surface area is 176 Å². The zero-order valence-corrected chi connectivity index (χ0v) is 18.0. The number of piperidine rings is 1. The molecule has 0 aliphatic carbocycles. The smallest absolute Gasteiger partial charge is 0.244 e. The van der Waals surface area contributed by atoms with E-state index in [-0.39, 0.29) is 16.7 Å². The second kappa shape index (κ2) is 8.45. The highest BCUT2D eigenvalue weighted by Crippen LogP contribution is 2.40. The number of sulfonamides is 1. The van der Waals surface area contributed by atoms with Crippen LogP contribution >= 0.6 is 11.8 Å². The Morgan fingerprint density at radius 3 is 2.62 bits per heavy atom. The van der Waals surface area contributed by atoms with Crippen molar-refractivity contribution in [3.63, 3.8) is 0 Å². The standard InChI is InChI=1S/C21H25N3O3S2/c1-2-17-15-24(19-7-3-4-8-20(19)28-17)21(25)16-9-12-23(13-10-16)29(26,27)18-6-5-11-22-14-18/h3-8,11,14,16-17H,2,9-10,12-13,15H2,1H3. The van der Waals surface area contributed by atoms with Crippen LogP contribution in [0.1, 0.15) is 26.2 Å². The molecule has 1 atom stereocenters. The van der Waals surface area contributed by atoms with Gasteiger partial charge in [-0.1, -0.05) is 19.1 Å². The first-order valence-electron chi connectivity index (χ1n) is 9.98. The Hall–Kier alpha value is -1.90.